The van der Waals surface area contributed by atoms with Crippen LogP contribution in [-0.2, 0) is 4.74 Å². The smallest absolute Gasteiger partial charge is 0.254 e. The van der Waals surface area contributed by atoms with Gasteiger partial charge >= 0.3 is 0 Å². The number of hydrogen-bond donors (Lipinski definition) is 1. The number of morpholine rings is 1. The van der Waals surface area contributed by atoms with Crippen LogP contribution >= 0.6 is 12.6 Å². The van der Waals surface area contributed by atoms with Crippen LogP contribution < -0.4 is 0 Å². The van der Waals surface area contributed by atoms with E-state index in [2.05, 4.69) is 19.6 Å². The highest BCUT2D eigenvalue weighted by Gasteiger charge is 2.23. The van der Waals surface area contributed by atoms with Gasteiger partial charge in [-0.15, -0.1) is 12.6 Å². The Morgan fingerprint density at radius 1 is 1.59 bits per heavy atom. The molecule has 1 aliphatic rings. The summed E-state index contributed by atoms with van der Waals surface area (Å²) in [6, 6.07) is 7.36. The molecular weight excluding hydrogens is 234 g/mol. The number of carbonyl (C=O) groups is 1. The summed E-state index contributed by atoms with van der Waals surface area (Å²) in [5.74, 6) is 0.0719. The van der Waals surface area contributed by atoms with Gasteiger partial charge < -0.3 is 9.64 Å². The first-order chi connectivity index (χ1) is 8.20. The monoisotopic (exact) mass is 251 g/mol. The van der Waals surface area contributed by atoms with Gasteiger partial charge in [0, 0.05) is 23.5 Å². The summed E-state index contributed by atoms with van der Waals surface area (Å²) in [5, 5.41) is 0. The van der Waals surface area contributed by atoms with Gasteiger partial charge in [-0.05, 0) is 24.6 Å². The molecule has 1 aromatic rings. The van der Waals surface area contributed by atoms with E-state index in [0.717, 1.165) is 11.3 Å². The zero-order chi connectivity index (χ0) is 12.3. The van der Waals surface area contributed by atoms with Gasteiger partial charge in [0.1, 0.15) is 0 Å². The highest BCUT2D eigenvalue weighted by Crippen LogP contribution is 2.15. The fourth-order valence-corrected chi connectivity index (χ4v) is 2.20. The Bertz CT molecular complexity index is 408. The van der Waals surface area contributed by atoms with Crippen molar-refractivity contribution < 1.29 is 9.53 Å². The number of rotatable bonds is 2. The predicted molar refractivity (Wildman–Crippen MR) is 69.6 cm³/mol. The zero-order valence-electron chi connectivity index (χ0n) is 9.93. The Kier molecular flexibility index (Phi) is 4.07. The molecule has 1 fully saturated rings. The normalized spacial score (nSPS) is 20.4. The number of thiol groups is 1. The molecule has 0 aromatic heterocycles. The van der Waals surface area contributed by atoms with Crippen LogP contribution in [0.5, 0.6) is 0 Å². The average Bonchev–Trinajstić information content (AvgIpc) is 2.38. The summed E-state index contributed by atoms with van der Waals surface area (Å²) >= 11 is 4.25. The number of nitrogens with zero attached hydrogens (tertiary/aromatic N) is 1. The van der Waals surface area contributed by atoms with Crippen LogP contribution in [0, 0.1) is 0 Å². The number of amides is 1. The quantitative estimate of drug-likeness (QED) is 0.817. The molecule has 0 spiro atoms. The van der Waals surface area contributed by atoms with E-state index < -0.39 is 0 Å². The summed E-state index contributed by atoms with van der Waals surface area (Å²) in [6.45, 7) is 4.07. The lowest BCUT2D eigenvalue weighted by Gasteiger charge is -2.32. The van der Waals surface area contributed by atoms with Gasteiger partial charge in [-0.3, -0.25) is 4.79 Å². The lowest BCUT2D eigenvalue weighted by atomic mass is 10.1. The largest absolute Gasteiger partial charge is 0.375 e. The first kappa shape index (κ1) is 12.5. The molecule has 0 aliphatic carbocycles. The maximum atomic E-state index is 12.2. The third-order valence-corrected chi connectivity index (χ3v) is 3.25. The van der Waals surface area contributed by atoms with Gasteiger partial charge in [-0.1, -0.05) is 13.0 Å². The van der Waals surface area contributed by atoms with E-state index in [9.17, 15) is 4.79 Å². The van der Waals surface area contributed by atoms with E-state index in [0.29, 0.717) is 25.3 Å². The van der Waals surface area contributed by atoms with Gasteiger partial charge in [-0.2, -0.15) is 0 Å². The average molecular weight is 251 g/mol. The molecule has 2 rings (SSSR count). The van der Waals surface area contributed by atoms with Crippen molar-refractivity contribution in [2.24, 2.45) is 0 Å². The summed E-state index contributed by atoms with van der Waals surface area (Å²) in [4.78, 5) is 14.9. The minimum absolute atomic E-state index is 0.0719. The summed E-state index contributed by atoms with van der Waals surface area (Å²) in [7, 11) is 0. The van der Waals surface area contributed by atoms with Crippen molar-refractivity contribution in [3.05, 3.63) is 29.8 Å². The van der Waals surface area contributed by atoms with Crippen LogP contribution in [0.1, 0.15) is 23.7 Å². The Morgan fingerprint density at radius 3 is 3.12 bits per heavy atom. The maximum absolute atomic E-state index is 12.2. The molecule has 1 heterocycles. The van der Waals surface area contributed by atoms with Crippen LogP contribution in [0.4, 0.5) is 0 Å². The molecule has 1 saturated heterocycles. The standard InChI is InChI=1S/C13H17NO2S/c1-2-11-9-14(6-7-16-11)13(15)10-4-3-5-12(17)8-10/h3-5,8,11,17H,2,6-7,9H2,1H3. The Morgan fingerprint density at radius 2 is 2.41 bits per heavy atom. The van der Waals surface area contributed by atoms with Crippen LogP contribution in [0.25, 0.3) is 0 Å². The molecule has 1 aliphatic heterocycles. The molecular formula is C13H17NO2S. The first-order valence-corrected chi connectivity index (χ1v) is 6.35. The van der Waals surface area contributed by atoms with Gasteiger partial charge in [0.25, 0.3) is 5.91 Å². The first-order valence-electron chi connectivity index (χ1n) is 5.90. The molecule has 0 radical (unpaired) electrons. The molecule has 4 heteroatoms. The molecule has 17 heavy (non-hydrogen) atoms. The van der Waals surface area contributed by atoms with Crippen molar-refractivity contribution in [3.63, 3.8) is 0 Å². The summed E-state index contributed by atoms with van der Waals surface area (Å²) in [6.07, 6.45) is 1.11. The molecule has 1 unspecified atom stereocenters. The van der Waals surface area contributed by atoms with E-state index in [1.165, 1.54) is 0 Å². The number of ether oxygens (including phenoxy) is 1. The predicted octanol–water partition coefficient (Wildman–Crippen LogP) is 2.23. The molecule has 1 aromatic carbocycles. The topological polar surface area (TPSA) is 29.5 Å². The van der Waals surface area contributed by atoms with E-state index in [1.54, 1.807) is 0 Å². The molecule has 1 atom stereocenters. The van der Waals surface area contributed by atoms with E-state index >= 15 is 0 Å². The third kappa shape index (κ3) is 3.01. The van der Waals surface area contributed by atoms with Crippen LogP contribution in [0.15, 0.2) is 29.2 Å². The van der Waals surface area contributed by atoms with Crippen LogP contribution in [0.3, 0.4) is 0 Å². The third-order valence-electron chi connectivity index (χ3n) is 2.97. The molecule has 0 N–H and O–H groups in total. The van der Waals surface area contributed by atoms with E-state index in [4.69, 9.17) is 4.74 Å². The van der Waals surface area contributed by atoms with Crippen LogP contribution in [0.2, 0.25) is 0 Å². The minimum Gasteiger partial charge on any atom is -0.375 e. The zero-order valence-corrected chi connectivity index (χ0v) is 10.8. The Labute approximate surface area is 107 Å². The van der Waals surface area contributed by atoms with Crippen molar-refractivity contribution in [1.29, 1.82) is 0 Å². The number of benzene rings is 1. The highest BCUT2D eigenvalue weighted by molar-refractivity contribution is 7.80. The highest BCUT2D eigenvalue weighted by atomic mass is 32.1. The second-order valence-electron chi connectivity index (χ2n) is 4.20. The van der Waals surface area contributed by atoms with Crippen molar-refractivity contribution in [1.82, 2.24) is 4.90 Å². The molecule has 0 saturated carbocycles. The summed E-state index contributed by atoms with van der Waals surface area (Å²) < 4.78 is 5.56. The number of hydrogen-bond acceptors (Lipinski definition) is 3. The fraction of sp³-hybridized carbons (Fsp3) is 0.462. The number of carbonyl (C=O) groups excluding carboxylic acids is 1. The lowest BCUT2D eigenvalue weighted by molar-refractivity contribution is -0.0226. The van der Waals surface area contributed by atoms with Crippen LogP contribution in [-0.4, -0.2) is 36.6 Å². The van der Waals surface area contributed by atoms with E-state index in [1.807, 2.05) is 29.2 Å². The van der Waals surface area contributed by atoms with Crippen molar-refractivity contribution in [2.45, 2.75) is 24.3 Å². The van der Waals surface area contributed by atoms with Gasteiger partial charge in [0.15, 0.2) is 0 Å². The van der Waals surface area contributed by atoms with Crippen molar-refractivity contribution in [2.75, 3.05) is 19.7 Å². The fourth-order valence-electron chi connectivity index (χ4n) is 1.97. The van der Waals surface area contributed by atoms with Crippen molar-refractivity contribution >= 4 is 18.5 Å². The lowest BCUT2D eigenvalue weighted by Crippen LogP contribution is -2.45. The molecule has 1 amide bonds. The minimum atomic E-state index is 0.0719. The van der Waals surface area contributed by atoms with Gasteiger partial charge in [0.2, 0.25) is 0 Å². The van der Waals surface area contributed by atoms with Gasteiger partial charge in [0.05, 0.1) is 12.7 Å². The molecule has 0 bridgehead atoms. The Balaban J connectivity index is 2.09. The Hall–Kier alpha value is -1.00. The van der Waals surface area contributed by atoms with Gasteiger partial charge in [-0.25, -0.2) is 0 Å². The summed E-state index contributed by atoms with van der Waals surface area (Å²) in [5.41, 5.74) is 0.703. The van der Waals surface area contributed by atoms with Crippen molar-refractivity contribution in [3.8, 4) is 0 Å². The van der Waals surface area contributed by atoms with E-state index in [-0.39, 0.29) is 12.0 Å². The second-order valence-corrected chi connectivity index (χ2v) is 4.72. The molecule has 92 valence electrons. The second kappa shape index (κ2) is 5.56. The molecule has 3 nitrogen and oxygen atoms in total. The SMILES string of the molecule is CCC1CN(C(=O)c2cccc(S)c2)CCO1. The maximum Gasteiger partial charge on any atom is 0.254 e.